The highest BCUT2D eigenvalue weighted by Crippen LogP contribution is 1.93. The van der Waals surface area contributed by atoms with E-state index in [1.807, 2.05) is 0 Å². The van der Waals surface area contributed by atoms with Gasteiger partial charge in [0.2, 0.25) is 5.43 Å². The SMILES string of the molecule is O=c1c[c]n(O)cc1O. The van der Waals surface area contributed by atoms with Gasteiger partial charge < -0.3 is 10.3 Å². The minimum absolute atomic E-state index is 0.483. The van der Waals surface area contributed by atoms with E-state index in [-0.39, 0.29) is 0 Å². The van der Waals surface area contributed by atoms with E-state index < -0.39 is 11.2 Å². The minimum Gasteiger partial charge on any atom is -0.503 e. The first-order valence-corrected chi connectivity index (χ1v) is 2.23. The van der Waals surface area contributed by atoms with Gasteiger partial charge in [0.05, 0.1) is 6.20 Å². The van der Waals surface area contributed by atoms with Crippen LogP contribution in [0.2, 0.25) is 0 Å². The zero-order chi connectivity index (χ0) is 6.85. The van der Waals surface area contributed by atoms with E-state index in [1.54, 1.807) is 0 Å². The summed E-state index contributed by atoms with van der Waals surface area (Å²) in [6.07, 6.45) is 3.00. The van der Waals surface area contributed by atoms with Gasteiger partial charge >= 0.3 is 0 Å². The monoisotopic (exact) mass is 126 g/mol. The molecule has 0 fully saturated rings. The smallest absolute Gasteiger partial charge is 0.224 e. The van der Waals surface area contributed by atoms with E-state index >= 15 is 0 Å². The molecule has 1 radical (unpaired) electrons. The number of pyridine rings is 1. The molecule has 0 bridgehead atoms. The first-order valence-electron chi connectivity index (χ1n) is 2.23. The van der Waals surface area contributed by atoms with Crippen molar-refractivity contribution in [1.82, 2.24) is 4.73 Å². The van der Waals surface area contributed by atoms with Gasteiger partial charge in [-0.3, -0.25) is 4.79 Å². The van der Waals surface area contributed by atoms with Gasteiger partial charge in [-0.25, -0.2) is 0 Å². The van der Waals surface area contributed by atoms with Crippen molar-refractivity contribution in [1.29, 1.82) is 0 Å². The van der Waals surface area contributed by atoms with Crippen LogP contribution in [0.4, 0.5) is 0 Å². The van der Waals surface area contributed by atoms with Gasteiger partial charge in [0.1, 0.15) is 6.20 Å². The Labute approximate surface area is 50.6 Å². The molecule has 0 aliphatic heterocycles. The Balaban J connectivity index is 3.34. The minimum atomic E-state index is -0.555. The zero-order valence-corrected chi connectivity index (χ0v) is 4.40. The zero-order valence-electron chi connectivity index (χ0n) is 4.40. The quantitative estimate of drug-likeness (QED) is 0.464. The molecule has 1 aromatic rings. The predicted octanol–water partition coefficient (Wildman–Crippen LogP) is -0.409. The molecule has 0 spiro atoms. The molecule has 47 valence electrons. The summed E-state index contributed by atoms with van der Waals surface area (Å²) in [5, 5.41) is 17.1. The molecule has 0 aromatic carbocycles. The Kier molecular flexibility index (Phi) is 1.14. The van der Waals surface area contributed by atoms with E-state index in [2.05, 4.69) is 6.20 Å². The van der Waals surface area contributed by atoms with Crippen molar-refractivity contribution in [2.75, 3.05) is 0 Å². The number of hydrogen-bond donors (Lipinski definition) is 2. The lowest BCUT2D eigenvalue weighted by Gasteiger charge is -1.92. The van der Waals surface area contributed by atoms with E-state index in [9.17, 15) is 4.79 Å². The Morgan fingerprint density at radius 3 is 2.78 bits per heavy atom. The third-order valence-corrected chi connectivity index (χ3v) is 0.825. The molecule has 9 heavy (non-hydrogen) atoms. The molecular formula is C5H4NO3. The van der Waals surface area contributed by atoms with Crippen LogP contribution in [0.5, 0.6) is 5.75 Å². The summed E-state index contributed by atoms with van der Waals surface area (Å²) in [7, 11) is 0. The van der Waals surface area contributed by atoms with E-state index in [4.69, 9.17) is 10.3 Å². The number of aromatic hydroxyl groups is 1. The maximum Gasteiger partial charge on any atom is 0.224 e. The number of rotatable bonds is 0. The van der Waals surface area contributed by atoms with Gasteiger partial charge in [0.25, 0.3) is 0 Å². The fraction of sp³-hybridized carbons (Fsp3) is 0. The Bertz CT molecular complexity index is 265. The summed E-state index contributed by atoms with van der Waals surface area (Å²) >= 11 is 0. The number of nitrogens with zero attached hydrogens (tertiary/aromatic N) is 1. The summed E-state index contributed by atoms with van der Waals surface area (Å²) < 4.78 is 0.483. The van der Waals surface area contributed by atoms with Crippen LogP contribution in [0.25, 0.3) is 0 Å². The summed E-state index contributed by atoms with van der Waals surface area (Å²) in [6.45, 7) is 0. The standard InChI is InChI=1S/C5H4NO3/c7-4-1-2-6(9)3-5(4)8/h1,3,8-9H. The predicted molar refractivity (Wildman–Crippen MR) is 28.4 cm³/mol. The second-order valence-electron chi connectivity index (χ2n) is 1.50. The van der Waals surface area contributed by atoms with E-state index in [0.29, 0.717) is 4.73 Å². The highest BCUT2D eigenvalue weighted by molar-refractivity contribution is 5.13. The van der Waals surface area contributed by atoms with Crippen LogP contribution in [-0.2, 0) is 0 Å². The maximum absolute atomic E-state index is 10.4. The molecular weight excluding hydrogens is 122 g/mol. The molecule has 2 N–H and O–H groups in total. The molecule has 0 amide bonds. The van der Waals surface area contributed by atoms with Gasteiger partial charge in [-0.05, 0) is 0 Å². The van der Waals surface area contributed by atoms with Crippen LogP contribution in [0.15, 0.2) is 17.1 Å². The number of hydrogen-bond acceptors (Lipinski definition) is 3. The summed E-state index contributed by atoms with van der Waals surface area (Å²) in [4.78, 5) is 10.4. The second-order valence-corrected chi connectivity index (χ2v) is 1.50. The van der Waals surface area contributed by atoms with E-state index in [0.717, 1.165) is 12.3 Å². The largest absolute Gasteiger partial charge is 0.503 e. The summed E-state index contributed by atoms with van der Waals surface area (Å²) in [5.74, 6) is -0.490. The molecule has 1 rings (SSSR count). The van der Waals surface area contributed by atoms with E-state index in [1.165, 1.54) is 0 Å². The topological polar surface area (TPSA) is 62.5 Å². The third kappa shape index (κ3) is 1.02. The Hall–Kier alpha value is -1.45. The van der Waals surface area contributed by atoms with Crippen LogP contribution in [0.3, 0.4) is 0 Å². The summed E-state index contributed by atoms with van der Waals surface area (Å²) in [5.41, 5.74) is -0.555. The van der Waals surface area contributed by atoms with Crippen LogP contribution in [0, 0.1) is 6.20 Å². The average molecular weight is 126 g/mol. The van der Waals surface area contributed by atoms with Crippen molar-refractivity contribution in [3.05, 3.63) is 28.7 Å². The van der Waals surface area contributed by atoms with Gasteiger partial charge in [-0.2, -0.15) is 4.73 Å². The van der Waals surface area contributed by atoms with Crippen molar-refractivity contribution < 1.29 is 10.3 Å². The van der Waals surface area contributed by atoms with Gasteiger partial charge in [-0.15, -0.1) is 0 Å². The fourth-order valence-electron chi connectivity index (χ4n) is 0.415. The lowest BCUT2D eigenvalue weighted by molar-refractivity contribution is 0.178. The Morgan fingerprint density at radius 2 is 2.33 bits per heavy atom. The van der Waals surface area contributed by atoms with Crippen LogP contribution < -0.4 is 5.43 Å². The van der Waals surface area contributed by atoms with Crippen molar-refractivity contribution in [3.8, 4) is 5.75 Å². The molecule has 0 atom stereocenters. The molecule has 1 aromatic heterocycles. The second kappa shape index (κ2) is 1.81. The summed E-state index contributed by atoms with van der Waals surface area (Å²) in [6, 6.07) is 0.940. The van der Waals surface area contributed by atoms with Crippen molar-refractivity contribution in [2.24, 2.45) is 0 Å². The average Bonchev–Trinajstić information content (AvgIpc) is 1.80. The van der Waals surface area contributed by atoms with Crippen molar-refractivity contribution >= 4 is 0 Å². The molecule has 0 aliphatic rings. The molecule has 0 saturated heterocycles. The first kappa shape index (κ1) is 5.68. The van der Waals surface area contributed by atoms with Crippen LogP contribution in [0.1, 0.15) is 0 Å². The van der Waals surface area contributed by atoms with Crippen LogP contribution >= 0.6 is 0 Å². The molecule has 0 aliphatic carbocycles. The molecule has 1 heterocycles. The molecule has 0 saturated carbocycles. The van der Waals surface area contributed by atoms with Gasteiger partial charge in [0.15, 0.2) is 5.75 Å². The van der Waals surface area contributed by atoms with Crippen molar-refractivity contribution in [3.63, 3.8) is 0 Å². The van der Waals surface area contributed by atoms with Gasteiger partial charge in [-0.1, -0.05) is 0 Å². The Morgan fingerprint density at radius 1 is 1.67 bits per heavy atom. The molecule has 4 nitrogen and oxygen atoms in total. The number of aromatic nitrogens is 1. The van der Waals surface area contributed by atoms with Crippen molar-refractivity contribution in [2.45, 2.75) is 0 Å². The lowest BCUT2D eigenvalue weighted by Crippen LogP contribution is -2.02. The lowest BCUT2D eigenvalue weighted by atomic mass is 10.4. The first-order chi connectivity index (χ1) is 4.20. The molecule has 0 unspecified atom stereocenters. The van der Waals surface area contributed by atoms with Crippen LogP contribution in [-0.4, -0.2) is 15.0 Å². The molecule has 4 heteroatoms. The fourth-order valence-corrected chi connectivity index (χ4v) is 0.415. The normalized spacial score (nSPS) is 9.33. The van der Waals surface area contributed by atoms with Gasteiger partial charge in [0, 0.05) is 6.07 Å². The maximum atomic E-state index is 10.4. The highest BCUT2D eigenvalue weighted by atomic mass is 16.5. The third-order valence-electron chi connectivity index (χ3n) is 0.825. The highest BCUT2D eigenvalue weighted by Gasteiger charge is 1.93.